The topological polar surface area (TPSA) is 84.8 Å². The molecular formula is C17H18ClN5O. The van der Waals surface area contributed by atoms with Crippen LogP contribution in [0.5, 0.6) is 0 Å². The maximum atomic E-state index is 11.8. The van der Waals surface area contributed by atoms with E-state index in [9.17, 15) is 4.79 Å². The van der Waals surface area contributed by atoms with Gasteiger partial charge in [0.15, 0.2) is 0 Å². The number of carbonyl (C=O) groups excluding carboxylic acids is 1. The fourth-order valence-electron chi connectivity index (χ4n) is 2.99. The maximum Gasteiger partial charge on any atom is 0.235 e. The molecule has 0 bridgehead atoms. The summed E-state index contributed by atoms with van der Waals surface area (Å²) in [6, 6.07) is 9.59. The summed E-state index contributed by atoms with van der Waals surface area (Å²) in [6.07, 6.45) is 3.79. The number of nitrogens with zero attached hydrogens (tertiary/aromatic N) is 3. The lowest BCUT2D eigenvalue weighted by molar-refractivity contribution is -0.122. The summed E-state index contributed by atoms with van der Waals surface area (Å²) in [5.41, 5.74) is 1.96. The van der Waals surface area contributed by atoms with E-state index in [0.29, 0.717) is 5.02 Å². The average molecular weight is 344 g/mol. The molecule has 1 aliphatic rings. The molecule has 3 rings (SSSR count). The van der Waals surface area contributed by atoms with E-state index >= 15 is 0 Å². The van der Waals surface area contributed by atoms with Crippen molar-refractivity contribution in [3.63, 3.8) is 0 Å². The van der Waals surface area contributed by atoms with Crippen LogP contribution in [0.2, 0.25) is 5.02 Å². The van der Waals surface area contributed by atoms with E-state index in [-0.39, 0.29) is 25.0 Å². The van der Waals surface area contributed by atoms with Gasteiger partial charge in [0.05, 0.1) is 30.5 Å². The number of rotatable bonds is 5. The summed E-state index contributed by atoms with van der Waals surface area (Å²) >= 11 is 5.92. The largest absolute Gasteiger partial charge is 0.342 e. The first-order valence-corrected chi connectivity index (χ1v) is 8.23. The van der Waals surface area contributed by atoms with Crippen molar-refractivity contribution in [2.24, 2.45) is 0 Å². The van der Waals surface area contributed by atoms with Crippen molar-refractivity contribution in [1.82, 2.24) is 20.2 Å². The third-order valence-electron chi connectivity index (χ3n) is 4.14. The van der Waals surface area contributed by atoms with Gasteiger partial charge in [-0.3, -0.25) is 9.69 Å². The van der Waals surface area contributed by atoms with Gasteiger partial charge in [-0.2, -0.15) is 5.26 Å². The van der Waals surface area contributed by atoms with Gasteiger partial charge in [-0.25, -0.2) is 4.98 Å². The molecule has 24 heavy (non-hydrogen) atoms. The Morgan fingerprint density at radius 3 is 3.00 bits per heavy atom. The minimum atomic E-state index is -0.132. The molecule has 0 unspecified atom stereocenters. The van der Waals surface area contributed by atoms with Crippen molar-refractivity contribution in [1.29, 1.82) is 5.26 Å². The molecule has 0 spiro atoms. The first kappa shape index (κ1) is 16.5. The molecule has 1 aromatic heterocycles. The Hall–Kier alpha value is -2.36. The number of nitriles is 1. The Bertz CT molecular complexity index is 749. The first-order chi connectivity index (χ1) is 11.7. The van der Waals surface area contributed by atoms with E-state index < -0.39 is 0 Å². The van der Waals surface area contributed by atoms with Crippen molar-refractivity contribution in [3.8, 4) is 17.3 Å². The smallest absolute Gasteiger partial charge is 0.235 e. The summed E-state index contributed by atoms with van der Waals surface area (Å²) in [7, 11) is 0. The van der Waals surface area contributed by atoms with Crippen LogP contribution < -0.4 is 5.32 Å². The van der Waals surface area contributed by atoms with Gasteiger partial charge in [0, 0.05) is 5.02 Å². The molecule has 2 N–H and O–H groups in total. The minimum Gasteiger partial charge on any atom is -0.342 e. The number of hydrogen-bond acceptors (Lipinski definition) is 4. The summed E-state index contributed by atoms with van der Waals surface area (Å²) < 4.78 is 0. The molecule has 7 heteroatoms. The van der Waals surface area contributed by atoms with Crippen LogP contribution in [0.3, 0.4) is 0 Å². The minimum absolute atomic E-state index is 0.0405. The number of aromatic amines is 1. The van der Waals surface area contributed by atoms with Crippen LogP contribution in [0.4, 0.5) is 0 Å². The molecule has 1 fully saturated rings. The molecule has 6 nitrogen and oxygen atoms in total. The highest BCUT2D eigenvalue weighted by molar-refractivity contribution is 6.30. The number of benzene rings is 1. The normalized spacial score (nSPS) is 17.6. The Morgan fingerprint density at radius 1 is 1.46 bits per heavy atom. The molecule has 124 valence electrons. The van der Waals surface area contributed by atoms with E-state index in [1.165, 1.54) is 0 Å². The highest BCUT2D eigenvalue weighted by Gasteiger charge is 2.29. The van der Waals surface area contributed by atoms with E-state index in [1.807, 2.05) is 36.5 Å². The third kappa shape index (κ3) is 3.75. The van der Waals surface area contributed by atoms with Gasteiger partial charge >= 0.3 is 0 Å². The van der Waals surface area contributed by atoms with Crippen LogP contribution in [0.25, 0.3) is 11.3 Å². The van der Waals surface area contributed by atoms with Crippen LogP contribution in [-0.2, 0) is 4.79 Å². The average Bonchev–Trinajstić information content (AvgIpc) is 3.22. The van der Waals surface area contributed by atoms with Gasteiger partial charge in [-0.05, 0) is 37.1 Å². The van der Waals surface area contributed by atoms with Crippen molar-refractivity contribution < 1.29 is 4.79 Å². The number of H-pyrrole nitrogens is 1. The zero-order valence-corrected chi connectivity index (χ0v) is 13.9. The van der Waals surface area contributed by atoms with Gasteiger partial charge in [-0.1, -0.05) is 23.7 Å². The predicted molar refractivity (Wildman–Crippen MR) is 91.2 cm³/mol. The van der Waals surface area contributed by atoms with Gasteiger partial charge in [0.1, 0.15) is 12.4 Å². The summed E-state index contributed by atoms with van der Waals surface area (Å²) in [5, 5.41) is 11.8. The lowest BCUT2D eigenvalue weighted by atomic mass is 10.2. The number of imidazole rings is 1. The number of hydrogen-bond donors (Lipinski definition) is 2. The van der Waals surface area contributed by atoms with Crippen molar-refractivity contribution >= 4 is 17.5 Å². The van der Waals surface area contributed by atoms with Gasteiger partial charge < -0.3 is 10.3 Å². The van der Waals surface area contributed by atoms with Crippen molar-refractivity contribution in [2.75, 3.05) is 19.6 Å². The molecule has 1 aromatic carbocycles. The molecule has 0 saturated carbocycles. The van der Waals surface area contributed by atoms with Crippen molar-refractivity contribution in [2.45, 2.75) is 18.9 Å². The summed E-state index contributed by atoms with van der Waals surface area (Å²) in [4.78, 5) is 21.8. The van der Waals surface area contributed by atoms with Gasteiger partial charge in [0.25, 0.3) is 0 Å². The van der Waals surface area contributed by atoms with E-state index in [1.54, 1.807) is 0 Å². The standard InChI is InChI=1S/C17H18ClN5O/c18-13-5-3-12(4-6-13)14-10-21-17(22-14)15-2-1-9-23(15)11-16(24)20-8-7-19/h3-6,10,15H,1-2,8-9,11H2,(H,20,24)(H,21,22)/t15-/m1/s1. The predicted octanol–water partition coefficient (Wildman–Crippen LogP) is 2.51. The summed E-state index contributed by atoms with van der Waals surface area (Å²) in [6.45, 7) is 1.17. The first-order valence-electron chi connectivity index (χ1n) is 7.86. The van der Waals surface area contributed by atoms with E-state index in [0.717, 1.165) is 36.5 Å². The Kier molecular flexibility index (Phi) is 5.14. The molecule has 2 aromatic rings. The summed E-state index contributed by atoms with van der Waals surface area (Å²) in [5.74, 6) is 0.735. The third-order valence-corrected chi connectivity index (χ3v) is 4.39. The quantitative estimate of drug-likeness (QED) is 0.817. The van der Waals surface area contributed by atoms with Crippen molar-refractivity contribution in [3.05, 3.63) is 41.3 Å². The second-order valence-electron chi connectivity index (χ2n) is 5.75. The highest BCUT2D eigenvalue weighted by atomic mass is 35.5. The number of halogens is 1. The Labute approximate surface area is 145 Å². The second kappa shape index (κ2) is 7.47. The SMILES string of the molecule is N#CCNC(=O)CN1CCC[C@@H]1c1ncc(-c2ccc(Cl)cc2)[nH]1. The lowest BCUT2D eigenvalue weighted by Crippen LogP contribution is -2.37. The van der Waals surface area contributed by atoms with E-state index in [4.69, 9.17) is 16.9 Å². The number of carbonyl (C=O) groups is 1. The van der Waals surface area contributed by atoms with Crippen LogP contribution >= 0.6 is 11.6 Å². The van der Waals surface area contributed by atoms with Gasteiger partial charge in [-0.15, -0.1) is 0 Å². The van der Waals surface area contributed by atoms with Crippen LogP contribution in [0.1, 0.15) is 24.7 Å². The monoisotopic (exact) mass is 343 g/mol. The number of aromatic nitrogens is 2. The molecule has 1 atom stereocenters. The molecule has 0 aliphatic carbocycles. The zero-order valence-electron chi connectivity index (χ0n) is 13.1. The fourth-order valence-corrected chi connectivity index (χ4v) is 3.11. The van der Waals surface area contributed by atoms with Crippen LogP contribution in [0, 0.1) is 11.3 Å². The maximum absolute atomic E-state index is 11.8. The molecular weight excluding hydrogens is 326 g/mol. The Morgan fingerprint density at radius 2 is 2.25 bits per heavy atom. The lowest BCUT2D eigenvalue weighted by Gasteiger charge is -2.21. The number of amides is 1. The zero-order chi connectivity index (χ0) is 16.9. The molecule has 2 heterocycles. The Balaban J connectivity index is 1.70. The number of likely N-dealkylation sites (tertiary alicyclic amines) is 1. The molecule has 1 amide bonds. The number of nitrogens with one attached hydrogen (secondary N) is 2. The molecule has 1 aliphatic heterocycles. The van der Waals surface area contributed by atoms with Gasteiger partial charge in [0.2, 0.25) is 5.91 Å². The molecule has 0 radical (unpaired) electrons. The van der Waals surface area contributed by atoms with Crippen LogP contribution in [0.15, 0.2) is 30.5 Å². The fraction of sp³-hybridized carbons (Fsp3) is 0.353. The van der Waals surface area contributed by atoms with Crippen LogP contribution in [-0.4, -0.2) is 40.4 Å². The van der Waals surface area contributed by atoms with E-state index in [2.05, 4.69) is 20.2 Å². The highest BCUT2D eigenvalue weighted by Crippen LogP contribution is 2.31. The molecule has 1 saturated heterocycles. The second-order valence-corrected chi connectivity index (χ2v) is 6.19.